The fourth-order valence-corrected chi connectivity index (χ4v) is 7.59. The molecule has 21 heteroatoms. The number of hydrogen-bond acceptors (Lipinski definition) is 18. The molecule has 5 rings (SSSR count). The Hall–Kier alpha value is -6.00. The zero-order valence-corrected chi connectivity index (χ0v) is 36.1. The smallest absolute Gasteiger partial charge is 0.305 e. The van der Waals surface area contributed by atoms with Gasteiger partial charge in [0.25, 0.3) is 11.7 Å². The van der Waals surface area contributed by atoms with E-state index in [1.54, 1.807) is 0 Å². The van der Waals surface area contributed by atoms with Crippen LogP contribution in [0.4, 0.5) is 0 Å². The molecule has 3 aliphatic heterocycles. The average molecular weight is 900 g/mol. The van der Waals surface area contributed by atoms with Gasteiger partial charge >= 0.3 is 29.8 Å². The van der Waals surface area contributed by atoms with Gasteiger partial charge in [0.05, 0.1) is 38.8 Å². The molecule has 0 spiro atoms. The second kappa shape index (κ2) is 22.6. The standard InChI is InChI=1S/C43H53N3O18/c1-23(47)45-35-31(59-25(3)49)17-43(63-28(6)52,64-40(35)38(61-27(5)51)33(60-26(4)50)21-55-24(2)48)42(54)44-18-34(53)46-36-39(57-20-30-15-11-8-12-16-30)37(32-22-58-41(36)62-32)56-19-29-13-9-7-10-14-29/h7-16,31-33,35-41H,17-22H2,1-6H3,(H,44,54)(H,45,47)(H,46,53)/t31-,32+,33+,35+,36+,37+,38+,39+,40+,41-,43-/m0/s1. The van der Waals surface area contributed by atoms with Crippen molar-refractivity contribution in [2.24, 2.45) is 0 Å². The summed E-state index contributed by atoms with van der Waals surface area (Å²) in [5, 5.41) is 7.75. The molecule has 3 heterocycles. The van der Waals surface area contributed by atoms with E-state index in [9.17, 15) is 38.4 Å². The van der Waals surface area contributed by atoms with E-state index in [4.69, 9.17) is 47.4 Å². The van der Waals surface area contributed by atoms with Crippen LogP contribution >= 0.6 is 0 Å². The third-order valence-electron chi connectivity index (χ3n) is 10.0. The van der Waals surface area contributed by atoms with E-state index < -0.39 is 134 Å². The van der Waals surface area contributed by atoms with Gasteiger partial charge in [-0.15, -0.1) is 0 Å². The van der Waals surface area contributed by atoms with Crippen molar-refractivity contribution in [3.8, 4) is 0 Å². The lowest BCUT2D eigenvalue weighted by atomic mass is 9.87. The molecule has 348 valence electrons. The van der Waals surface area contributed by atoms with Gasteiger partial charge in [-0.05, 0) is 11.1 Å². The van der Waals surface area contributed by atoms with Gasteiger partial charge in [0.2, 0.25) is 11.8 Å². The quantitative estimate of drug-likeness (QED) is 0.127. The number of esters is 5. The Morgan fingerprint density at radius 2 is 1.33 bits per heavy atom. The molecule has 3 amide bonds. The van der Waals surface area contributed by atoms with E-state index in [1.807, 2.05) is 60.7 Å². The zero-order valence-electron chi connectivity index (χ0n) is 36.1. The lowest BCUT2D eigenvalue weighted by Crippen LogP contribution is -2.70. The third-order valence-corrected chi connectivity index (χ3v) is 10.0. The van der Waals surface area contributed by atoms with Gasteiger partial charge in [0, 0.05) is 41.5 Å². The van der Waals surface area contributed by atoms with Gasteiger partial charge in [-0.3, -0.25) is 38.4 Å². The first-order valence-corrected chi connectivity index (χ1v) is 20.4. The SMILES string of the molecule is CC(=O)N[C@H]1[C@H]([C@H](OC(C)=O)[C@@H](COC(C)=O)OC(C)=O)O[C@](OC(C)=O)(C(=O)NCC(=O)N[C@H]2[C@H]3OC[C@@H](O3)[C@@H](OCc3ccccc3)[C@@H]2OCc2ccccc2)C[C@@H]1OC(C)=O. The molecule has 0 aromatic heterocycles. The van der Waals surface area contributed by atoms with Gasteiger partial charge in [-0.2, -0.15) is 0 Å². The van der Waals surface area contributed by atoms with Crippen LogP contribution < -0.4 is 16.0 Å². The molecule has 3 aliphatic rings. The van der Waals surface area contributed by atoms with E-state index in [2.05, 4.69) is 16.0 Å². The number of rotatable bonds is 19. The highest BCUT2D eigenvalue weighted by Gasteiger charge is 2.60. The number of ether oxygens (including phenoxy) is 10. The van der Waals surface area contributed by atoms with E-state index in [0.29, 0.717) is 0 Å². The fraction of sp³-hybridized carbons (Fsp3) is 0.535. The summed E-state index contributed by atoms with van der Waals surface area (Å²) in [4.78, 5) is 103. The number of fused-ring (bicyclic) bond motifs is 2. The number of carbonyl (C=O) groups excluding carboxylic acids is 8. The highest BCUT2D eigenvalue weighted by atomic mass is 16.7. The van der Waals surface area contributed by atoms with E-state index >= 15 is 0 Å². The van der Waals surface area contributed by atoms with Crippen molar-refractivity contribution in [3.63, 3.8) is 0 Å². The van der Waals surface area contributed by atoms with Crippen molar-refractivity contribution in [2.75, 3.05) is 19.8 Å². The molecule has 3 saturated heterocycles. The van der Waals surface area contributed by atoms with Crippen LogP contribution in [0.5, 0.6) is 0 Å². The van der Waals surface area contributed by atoms with Crippen LogP contribution in [0.2, 0.25) is 0 Å². The summed E-state index contributed by atoms with van der Waals surface area (Å²) < 4.78 is 58.1. The Morgan fingerprint density at radius 3 is 1.88 bits per heavy atom. The van der Waals surface area contributed by atoms with E-state index in [-0.39, 0.29) is 19.8 Å². The summed E-state index contributed by atoms with van der Waals surface area (Å²) in [7, 11) is 0. The van der Waals surface area contributed by atoms with Crippen LogP contribution in [0.3, 0.4) is 0 Å². The summed E-state index contributed by atoms with van der Waals surface area (Å²) in [6.07, 6.45) is -10.8. The lowest BCUT2D eigenvalue weighted by Gasteiger charge is -2.48. The monoisotopic (exact) mass is 899 g/mol. The molecule has 2 aromatic carbocycles. The summed E-state index contributed by atoms with van der Waals surface area (Å²) in [6.45, 7) is 5.08. The highest BCUT2D eigenvalue weighted by Crippen LogP contribution is 2.37. The molecule has 0 radical (unpaired) electrons. The maximum atomic E-state index is 14.4. The molecule has 21 nitrogen and oxygen atoms in total. The summed E-state index contributed by atoms with van der Waals surface area (Å²) in [5.74, 6) is -10.3. The molecule has 0 aliphatic carbocycles. The molecule has 0 saturated carbocycles. The predicted molar refractivity (Wildman–Crippen MR) is 214 cm³/mol. The van der Waals surface area contributed by atoms with Crippen LogP contribution in [0, 0.1) is 0 Å². The van der Waals surface area contributed by atoms with Crippen molar-refractivity contribution in [2.45, 2.75) is 128 Å². The molecule has 64 heavy (non-hydrogen) atoms. The van der Waals surface area contributed by atoms with Crippen molar-refractivity contribution in [1.82, 2.24) is 16.0 Å². The molecular formula is C43H53N3O18. The average Bonchev–Trinajstić information content (AvgIpc) is 3.67. The predicted octanol–water partition coefficient (Wildman–Crippen LogP) is 0.425. The zero-order chi connectivity index (χ0) is 46.6. The minimum absolute atomic E-state index is 0.137. The lowest BCUT2D eigenvalue weighted by molar-refractivity contribution is -0.296. The van der Waals surface area contributed by atoms with Crippen molar-refractivity contribution in [3.05, 3.63) is 71.8 Å². The van der Waals surface area contributed by atoms with Crippen LogP contribution in [0.1, 0.15) is 59.1 Å². The molecule has 2 aromatic rings. The van der Waals surface area contributed by atoms with Gasteiger partial charge in [-0.1, -0.05) is 60.7 Å². The van der Waals surface area contributed by atoms with Gasteiger partial charge in [0.1, 0.15) is 43.2 Å². The van der Waals surface area contributed by atoms with Crippen molar-refractivity contribution < 1.29 is 85.7 Å². The number of hydrogen-bond donors (Lipinski definition) is 3. The second-order valence-corrected chi connectivity index (χ2v) is 15.2. The van der Waals surface area contributed by atoms with Gasteiger partial charge in [-0.25, -0.2) is 0 Å². The first-order chi connectivity index (χ1) is 30.4. The van der Waals surface area contributed by atoms with E-state index in [1.165, 1.54) is 0 Å². The maximum absolute atomic E-state index is 14.4. The normalized spacial score (nSPS) is 26.8. The Bertz CT molecular complexity index is 1990. The number of nitrogens with one attached hydrogen (secondary N) is 3. The molecule has 0 unspecified atom stereocenters. The molecule has 3 N–H and O–H groups in total. The largest absolute Gasteiger partial charge is 0.462 e. The fourth-order valence-electron chi connectivity index (χ4n) is 7.59. The molecule has 11 atom stereocenters. The van der Waals surface area contributed by atoms with Crippen molar-refractivity contribution in [1.29, 1.82) is 0 Å². The summed E-state index contributed by atoms with van der Waals surface area (Å²) in [5.41, 5.74) is 1.73. The second-order valence-electron chi connectivity index (χ2n) is 15.2. The number of carbonyl (C=O) groups is 8. The van der Waals surface area contributed by atoms with Crippen LogP contribution in [-0.2, 0) is 98.9 Å². The van der Waals surface area contributed by atoms with E-state index in [0.717, 1.165) is 52.7 Å². The number of benzene rings is 2. The highest BCUT2D eigenvalue weighted by molar-refractivity contribution is 5.90. The molecule has 2 bridgehead atoms. The molecular weight excluding hydrogens is 846 g/mol. The Labute approximate surface area is 368 Å². The Balaban J connectivity index is 1.43. The topological polar surface area (TPSA) is 265 Å². The van der Waals surface area contributed by atoms with Gasteiger partial charge in [0.15, 0.2) is 18.5 Å². The first kappa shape index (κ1) is 49.0. The van der Waals surface area contributed by atoms with Crippen molar-refractivity contribution >= 4 is 47.6 Å². The first-order valence-electron chi connectivity index (χ1n) is 20.4. The Morgan fingerprint density at radius 1 is 0.719 bits per heavy atom. The van der Waals surface area contributed by atoms with Crippen LogP contribution in [0.25, 0.3) is 0 Å². The van der Waals surface area contributed by atoms with Gasteiger partial charge < -0.3 is 63.3 Å². The minimum Gasteiger partial charge on any atom is -0.462 e. The van der Waals surface area contributed by atoms with Crippen LogP contribution in [-0.4, -0.2) is 134 Å². The maximum Gasteiger partial charge on any atom is 0.305 e. The van der Waals surface area contributed by atoms with Crippen LogP contribution in [0.15, 0.2) is 60.7 Å². The third kappa shape index (κ3) is 13.5. The summed E-state index contributed by atoms with van der Waals surface area (Å²) in [6, 6.07) is 16.3. The summed E-state index contributed by atoms with van der Waals surface area (Å²) >= 11 is 0. The Kier molecular flexibility index (Phi) is 17.3. The molecule has 3 fully saturated rings. The number of amides is 3. The minimum atomic E-state index is -2.78.